The third-order valence-electron chi connectivity index (χ3n) is 3.94. The van der Waals surface area contributed by atoms with Gasteiger partial charge in [0.2, 0.25) is 0 Å². The second kappa shape index (κ2) is 3.90. The van der Waals surface area contributed by atoms with Crippen LogP contribution in [0.4, 0.5) is 0 Å². The molecule has 0 aromatic carbocycles. The Morgan fingerprint density at radius 3 is 2.33 bits per heavy atom. The van der Waals surface area contributed by atoms with E-state index in [0.717, 1.165) is 0 Å². The minimum absolute atomic E-state index is 0.113. The smallest absolute Gasteiger partial charge is 0.306 e. The number of rotatable bonds is 2. The largest absolute Gasteiger partial charge is 0.460 e. The highest BCUT2D eigenvalue weighted by molar-refractivity contribution is 6.81. The molecule has 0 aliphatic carbocycles. The molecule has 0 spiro atoms. The van der Waals surface area contributed by atoms with Crippen molar-refractivity contribution in [2.24, 2.45) is 0 Å². The molecule has 0 aromatic rings. The van der Waals surface area contributed by atoms with Crippen molar-refractivity contribution in [2.75, 3.05) is 0 Å². The summed E-state index contributed by atoms with van der Waals surface area (Å²) in [6, 6.07) is 0. The summed E-state index contributed by atoms with van der Waals surface area (Å²) in [5.41, 5.74) is -0.455. The maximum Gasteiger partial charge on any atom is 0.306 e. The van der Waals surface area contributed by atoms with E-state index < -0.39 is 13.8 Å². The highest BCUT2D eigenvalue weighted by atomic mass is 28.3. The topological polar surface area (TPSA) is 46.5 Å². The first-order valence-electron chi connectivity index (χ1n) is 5.54. The Morgan fingerprint density at radius 2 is 2.00 bits per heavy atom. The van der Waals surface area contributed by atoms with Crippen LogP contribution < -0.4 is 0 Å². The first kappa shape index (κ1) is 12.7. The first-order valence-corrected chi connectivity index (χ1v) is 8.61. The molecule has 0 radical (unpaired) electrons. The van der Waals surface area contributed by atoms with Crippen LogP contribution in [-0.4, -0.2) is 31.0 Å². The van der Waals surface area contributed by atoms with E-state index in [1.54, 1.807) is 0 Å². The van der Waals surface area contributed by atoms with Crippen LogP contribution in [0.5, 0.6) is 0 Å². The van der Waals surface area contributed by atoms with Crippen molar-refractivity contribution in [3.63, 3.8) is 0 Å². The van der Waals surface area contributed by atoms with E-state index in [1.807, 2.05) is 0 Å². The van der Waals surface area contributed by atoms with E-state index in [4.69, 9.17) is 4.74 Å². The second-order valence-electron chi connectivity index (χ2n) is 5.98. The number of cyclic esters (lactones) is 1. The molecule has 3 nitrogen and oxygen atoms in total. The van der Waals surface area contributed by atoms with E-state index in [0.29, 0.717) is 12.8 Å². The summed E-state index contributed by atoms with van der Waals surface area (Å²) in [5, 5.41) is 10.4. The molecule has 1 aliphatic rings. The molecule has 1 fully saturated rings. The molecule has 1 N–H and O–H groups in total. The summed E-state index contributed by atoms with van der Waals surface area (Å²) in [6.45, 7) is 10.8. The third kappa shape index (κ3) is 2.42. The monoisotopic (exact) mass is 230 g/mol. The number of hydrogen-bond donors (Lipinski definition) is 1. The molecule has 0 bridgehead atoms. The van der Waals surface area contributed by atoms with Crippen molar-refractivity contribution in [1.29, 1.82) is 0 Å². The van der Waals surface area contributed by atoms with Gasteiger partial charge in [-0.05, 0) is 11.5 Å². The van der Waals surface area contributed by atoms with Gasteiger partial charge < -0.3 is 9.84 Å². The van der Waals surface area contributed by atoms with Gasteiger partial charge >= 0.3 is 5.97 Å². The maximum atomic E-state index is 11.0. The normalized spacial score (nSPS) is 25.2. The molecule has 2 atom stereocenters. The Balaban J connectivity index is 2.75. The molecule has 1 rings (SSSR count). The molecule has 1 aliphatic heterocycles. The van der Waals surface area contributed by atoms with Gasteiger partial charge in [0.05, 0.1) is 13.8 Å². The number of ether oxygens (including phenoxy) is 1. The Bertz CT molecular complexity index is 255. The summed E-state index contributed by atoms with van der Waals surface area (Å²) in [4.78, 5) is 11.0. The summed E-state index contributed by atoms with van der Waals surface area (Å²) in [6.07, 6.45) is 0.862. The lowest BCUT2D eigenvalue weighted by Crippen LogP contribution is -2.54. The van der Waals surface area contributed by atoms with Crippen LogP contribution in [0.25, 0.3) is 0 Å². The Morgan fingerprint density at radius 1 is 1.47 bits per heavy atom. The summed E-state index contributed by atoms with van der Waals surface area (Å²) in [5.74, 6) is -0.169. The van der Waals surface area contributed by atoms with E-state index in [-0.39, 0.29) is 17.1 Å². The lowest BCUT2D eigenvalue weighted by atomic mass is 10.2. The van der Waals surface area contributed by atoms with Gasteiger partial charge in [-0.3, -0.25) is 4.79 Å². The van der Waals surface area contributed by atoms with Gasteiger partial charge in [-0.25, -0.2) is 0 Å². The molecule has 15 heavy (non-hydrogen) atoms. The van der Waals surface area contributed by atoms with Crippen LogP contribution in [0, 0.1) is 0 Å². The number of hydrogen-bond acceptors (Lipinski definition) is 3. The van der Waals surface area contributed by atoms with Crippen LogP contribution in [0.15, 0.2) is 0 Å². The SMILES string of the molecule is CC(C)(C)[Si](C)(C)[C@H](O)C1CCC(=O)O1. The number of carbonyl (C=O) groups is 1. The predicted molar refractivity (Wildman–Crippen MR) is 62.3 cm³/mol. The number of carbonyl (C=O) groups excluding carboxylic acids is 1. The Kier molecular flexibility index (Phi) is 3.31. The lowest BCUT2D eigenvalue weighted by molar-refractivity contribution is -0.143. The molecular weight excluding hydrogens is 208 g/mol. The summed E-state index contributed by atoms with van der Waals surface area (Å²) < 4.78 is 5.15. The van der Waals surface area contributed by atoms with E-state index >= 15 is 0 Å². The van der Waals surface area contributed by atoms with Gasteiger partial charge in [0.25, 0.3) is 0 Å². The van der Waals surface area contributed by atoms with Crippen molar-refractivity contribution in [3.05, 3.63) is 0 Å². The lowest BCUT2D eigenvalue weighted by Gasteiger charge is -2.42. The molecule has 0 saturated carbocycles. The van der Waals surface area contributed by atoms with E-state index in [9.17, 15) is 9.90 Å². The van der Waals surface area contributed by atoms with Crippen molar-refractivity contribution >= 4 is 14.0 Å². The van der Waals surface area contributed by atoms with E-state index in [2.05, 4.69) is 33.9 Å². The first-order chi connectivity index (χ1) is 6.66. The summed E-state index contributed by atoms with van der Waals surface area (Å²) >= 11 is 0. The highest BCUT2D eigenvalue weighted by Crippen LogP contribution is 2.40. The second-order valence-corrected chi connectivity index (χ2v) is 11.5. The van der Waals surface area contributed by atoms with Gasteiger partial charge in [-0.2, -0.15) is 0 Å². The Hall–Kier alpha value is -0.353. The molecule has 4 heteroatoms. The van der Waals surface area contributed by atoms with E-state index in [1.165, 1.54) is 0 Å². The molecule has 1 heterocycles. The average Bonchev–Trinajstić information content (AvgIpc) is 2.48. The van der Waals surface area contributed by atoms with Gasteiger partial charge in [-0.15, -0.1) is 0 Å². The molecule has 88 valence electrons. The van der Waals surface area contributed by atoms with Gasteiger partial charge in [-0.1, -0.05) is 33.9 Å². The van der Waals surface area contributed by atoms with Crippen LogP contribution >= 0.6 is 0 Å². The third-order valence-corrected chi connectivity index (χ3v) is 9.66. The predicted octanol–water partition coefficient (Wildman–Crippen LogP) is 2.10. The van der Waals surface area contributed by atoms with Crippen LogP contribution in [0.3, 0.4) is 0 Å². The minimum atomic E-state index is -1.82. The summed E-state index contributed by atoms with van der Waals surface area (Å²) in [7, 11) is -1.82. The highest BCUT2D eigenvalue weighted by Gasteiger charge is 2.47. The van der Waals surface area contributed by atoms with Crippen LogP contribution in [-0.2, 0) is 9.53 Å². The van der Waals surface area contributed by atoms with Crippen LogP contribution in [0.1, 0.15) is 33.6 Å². The quantitative estimate of drug-likeness (QED) is 0.584. The van der Waals surface area contributed by atoms with Gasteiger partial charge in [0.15, 0.2) is 0 Å². The Labute approximate surface area is 92.8 Å². The molecule has 1 saturated heterocycles. The fraction of sp³-hybridized carbons (Fsp3) is 0.909. The number of esters is 1. The van der Waals surface area contributed by atoms with Crippen molar-refractivity contribution in [1.82, 2.24) is 0 Å². The zero-order valence-electron chi connectivity index (χ0n) is 10.3. The minimum Gasteiger partial charge on any atom is -0.460 e. The number of aliphatic hydroxyl groups excluding tert-OH is 1. The number of aliphatic hydroxyl groups is 1. The zero-order valence-corrected chi connectivity index (χ0v) is 11.3. The van der Waals surface area contributed by atoms with Crippen molar-refractivity contribution in [2.45, 2.75) is 63.6 Å². The van der Waals surface area contributed by atoms with Crippen LogP contribution in [0.2, 0.25) is 18.1 Å². The average molecular weight is 230 g/mol. The van der Waals surface area contributed by atoms with Gasteiger partial charge in [0.1, 0.15) is 6.10 Å². The fourth-order valence-corrected chi connectivity index (χ4v) is 3.73. The van der Waals surface area contributed by atoms with Crippen molar-refractivity contribution < 1.29 is 14.6 Å². The fourth-order valence-electron chi connectivity index (χ4n) is 1.68. The standard InChI is InChI=1S/C11H22O3Si/c1-11(2,3)15(4,5)10(13)8-6-7-9(12)14-8/h8,10,13H,6-7H2,1-5H3/t8?,10-/m0/s1. The zero-order chi connectivity index (χ0) is 11.9. The molecule has 1 unspecified atom stereocenters. The molecular formula is C11H22O3Si. The maximum absolute atomic E-state index is 11.0. The van der Waals surface area contributed by atoms with Gasteiger partial charge in [0, 0.05) is 6.42 Å². The molecule has 0 aromatic heterocycles. The molecule has 0 amide bonds. The van der Waals surface area contributed by atoms with Crippen molar-refractivity contribution in [3.8, 4) is 0 Å².